The Balaban J connectivity index is 2.26. The van der Waals surface area contributed by atoms with Crippen molar-refractivity contribution >= 4 is 31.6 Å². The van der Waals surface area contributed by atoms with Gasteiger partial charge in [0.05, 0.1) is 12.8 Å². The van der Waals surface area contributed by atoms with Gasteiger partial charge in [0.15, 0.2) is 0 Å². The molecule has 0 fully saturated rings. The van der Waals surface area contributed by atoms with Crippen LogP contribution in [0.4, 0.5) is 5.69 Å². The Kier molecular flexibility index (Phi) is 4.92. The van der Waals surface area contributed by atoms with Crippen LogP contribution in [0.1, 0.15) is 5.69 Å². The third kappa shape index (κ3) is 3.99. The van der Waals surface area contributed by atoms with Gasteiger partial charge in [-0.2, -0.15) is 0 Å². The molecule has 0 aliphatic heterocycles. The SMILES string of the molecule is CNCc1cc(S(=O)(=O)Nc2cc(Br)cc(OC)c2)c[nH]1. The summed E-state index contributed by atoms with van der Waals surface area (Å²) in [6, 6.07) is 6.62. The largest absolute Gasteiger partial charge is 0.497 e. The predicted octanol–water partition coefficient (Wildman–Crippen LogP) is 2.31. The Morgan fingerprint density at radius 2 is 2.05 bits per heavy atom. The average Bonchev–Trinajstić information content (AvgIpc) is 2.87. The number of aromatic amines is 1. The summed E-state index contributed by atoms with van der Waals surface area (Å²) in [5, 5.41) is 2.95. The first-order valence-corrected chi connectivity index (χ1v) is 8.41. The standard InChI is InChI=1S/C13H16BrN3O3S/c1-15-7-11-6-13(8-16-11)21(18,19)17-10-3-9(14)4-12(5-10)20-2/h3-6,8,15-17H,7H2,1-2H3. The van der Waals surface area contributed by atoms with E-state index in [0.717, 1.165) is 10.2 Å². The topological polar surface area (TPSA) is 83.2 Å². The van der Waals surface area contributed by atoms with Crippen LogP contribution in [0.2, 0.25) is 0 Å². The molecular formula is C13H16BrN3O3S. The molecule has 0 aliphatic carbocycles. The summed E-state index contributed by atoms with van der Waals surface area (Å²) >= 11 is 3.31. The van der Waals surface area contributed by atoms with E-state index in [9.17, 15) is 8.42 Å². The number of sulfonamides is 1. The Hall–Kier alpha value is -1.51. The fourth-order valence-electron chi connectivity index (χ4n) is 1.82. The minimum absolute atomic E-state index is 0.187. The van der Waals surface area contributed by atoms with Gasteiger partial charge in [0.25, 0.3) is 10.0 Å². The summed E-state index contributed by atoms with van der Waals surface area (Å²) in [5.74, 6) is 0.562. The van der Waals surface area contributed by atoms with E-state index in [2.05, 4.69) is 31.0 Å². The number of nitrogens with one attached hydrogen (secondary N) is 3. The van der Waals surface area contributed by atoms with Crippen molar-refractivity contribution in [2.24, 2.45) is 0 Å². The normalized spacial score (nSPS) is 11.4. The van der Waals surface area contributed by atoms with E-state index < -0.39 is 10.0 Å². The molecular weight excluding hydrogens is 358 g/mol. The van der Waals surface area contributed by atoms with Crippen LogP contribution < -0.4 is 14.8 Å². The fraction of sp³-hybridized carbons (Fsp3) is 0.231. The number of aromatic nitrogens is 1. The van der Waals surface area contributed by atoms with E-state index in [-0.39, 0.29) is 4.90 Å². The third-order valence-corrected chi connectivity index (χ3v) is 4.57. The fourth-order valence-corrected chi connectivity index (χ4v) is 3.35. The molecule has 6 nitrogen and oxygen atoms in total. The van der Waals surface area contributed by atoms with Crippen LogP contribution in [0.5, 0.6) is 5.75 Å². The van der Waals surface area contributed by atoms with E-state index in [1.54, 1.807) is 31.3 Å². The van der Waals surface area contributed by atoms with Gasteiger partial charge in [0.1, 0.15) is 10.6 Å². The van der Waals surface area contributed by atoms with Gasteiger partial charge < -0.3 is 15.0 Å². The molecule has 0 radical (unpaired) electrons. The molecule has 2 aromatic rings. The summed E-state index contributed by atoms with van der Waals surface area (Å²) in [6.45, 7) is 0.570. The van der Waals surface area contributed by atoms with Crippen molar-refractivity contribution in [2.75, 3.05) is 18.9 Å². The summed E-state index contributed by atoms with van der Waals surface area (Å²) in [4.78, 5) is 3.10. The minimum Gasteiger partial charge on any atom is -0.497 e. The maximum absolute atomic E-state index is 12.3. The molecule has 1 aromatic heterocycles. The Morgan fingerprint density at radius 3 is 2.71 bits per heavy atom. The summed E-state index contributed by atoms with van der Waals surface area (Å²) < 4.78 is 33.0. The highest BCUT2D eigenvalue weighted by Gasteiger charge is 2.16. The first-order valence-electron chi connectivity index (χ1n) is 6.14. The molecule has 0 saturated carbocycles. The second kappa shape index (κ2) is 6.50. The molecule has 0 aliphatic rings. The summed E-state index contributed by atoms with van der Waals surface area (Å²) in [7, 11) is -0.321. The van der Waals surface area contributed by atoms with Gasteiger partial charge in [-0.25, -0.2) is 8.42 Å². The summed E-state index contributed by atoms with van der Waals surface area (Å²) in [5.41, 5.74) is 1.22. The zero-order chi connectivity index (χ0) is 15.5. The van der Waals surface area contributed by atoms with Crippen molar-refractivity contribution in [1.29, 1.82) is 0 Å². The van der Waals surface area contributed by atoms with Crippen molar-refractivity contribution in [3.8, 4) is 5.75 Å². The number of anilines is 1. The van der Waals surface area contributed by atoms with E-state index in [1.165, 1.54) is 13.3 Å². The first-order chi connectivity index (χ1) is 9.94. The van der Waals surface area contributed by atoms with Crippen LogP contribution in [0.25, 0.3) is 0 Å². The molecule has 3 N–H and O–H groups in total. The van der Waals surface area contributed by atoms with Crippen molar-refractivity contribution in [3.63, 3.8) is 0 Å². The Bertz CT molecular complexity index is 728. The highest BCUT2D eigenvalue weighted by Crippen LogP contribution is 2.26. The van der Waals surface area contributed by atoms with Crippen LogP contribution in [-0.4, -0.2) is 27.6 Å². The van der Waals surface area contributed by atoms with Crippen LogP contribution >= 0.6 is 15.9 Å². The van der Waals surface area contributed by atoms with Gasteiger partial charge in [-0.3, -0.25) is 4.72 Å². The smallest absolute Gasteiger partial charge is 0.263 e. The molecule has 0 bridgehead atoms. The number of rotatable bonds is 6. The minimum atomic E-state index is -3.64. The summed E-state index contributed by atoms with van der Waals surface area (Å²) in [6.07, 6.45) is 1.46. The van der Waals surface area contributed by atoms with Gasteiger partial charge in [-0.1, -0.05) is 15.9 Å². The quantitative estimate of drug-likeness (QED) is 0.725. The molecule has 1 heterocycles. The number of halogens is 1. The Morgan fingerprint density at radius 1 is 1.29 bits per heavy atom. The number of hydrogen-bond acceptors (Lipinski definition) is 4. The van der Waals surface area contributed by atoms with Crippen molar-refractivity contribution in [1.82, 2.24) is 10.3 Å². The molecule has 0 saturated heterocycles. The van der Waals surface area contributed by atoms with Gasteiger partial charge >= 0.3 is 0 Å². The average molecular weight is 374 g/mol. The zero-order valence-electron chi connectivity index (χ0n) is 11.6. The lowest BCUT2D eigenvalue weighted by Gasteiger charge is -2.09. The van der Waals surface area contributed by atoms with Crippen molar-refractivity contribution < 1.29 is 13.2 Å². The van der Waals surface area contributed by atoms with Crippen LogP contribution in [-0.2, 0) is 16.6 Å². The van der Waals surface area contributed by atoms with Gasteiger partial charge in [-0.05, 0) is 25.2 Å². The molecule has 0 unspecified atom stereocenters. The highest BCUT2D eigenvalue weighted by molar-refractivity contribution is 9.10. The molecule has 0 amide bonds. The second-order valence-corrected chi connectivity index (χ2v) is 6.97. The number of ether oxygens (including phenoxy) is 1. The van der Waals surface area contributed by atoms with E-state index in [0.29, 0.717) is 18.0 Å². The molecule has 8 heteroatoms. The molecule has 21 heavy (non-hydrogen) atoms. The maximum atomic E-state index is 12.3. The molecule has 0 spiro atoms. The monoisotopic (exact) mass is 373 g/mol. The Labute approximate surface area is 132 Å². The highest BCUT2D eigenvalue weighted by atomic mass is 79.9. The van der Waals surface area contributed by atoms with E-state index in [4.69, 9.17) is 4.74 Å². The van der Waals surface area contributed by atoms with Crippen molar-refractivity contribution in [3.05, 3.63) is 40.6 Å². The van der Waals surface area contributed by atoms with Gasteiger partial charge in [0, 0.05) is 29.0 Å². The van der Waals surface area contributed by atoms with Crippen molar-refractivity contribution in [2.45, 2.75) is 11.4 Å². The first kappa shape index (κ1) is 15.9. The number of methoxy groups -OCH3 is 1. The molecule has 2 rings (SSSR count). The van der Waals surface area contributed by atoms with Gasteiger partial charge in [0.2, 0.25) is 0 Å². The number of hydrogen-bond donors (Lipinski definition) is 3. The molecule has 0 atom stereocenters. The van der Waals surface area contributed by atoms with Gasteiger partial charge in [-0.15, -0.1) is 0 Å². The molecule has 1 aromatic carbocycles. The second-order valence-electron chi connectivity index (χ2n) is 4.38. The third-order valence-electron chi connectivity index (χ3n) is 2.75. The van der Waals surface area contributed by atoms with Crippen LogP contribution in [0, 0.1) is 0 Å². The maximum Gasteiger partial charge on any atom is 0.263 e. The zero-order valence-corrected chi connectivity index (χ0v) is 14.0. The molecule has 114 valence electrons. The lowest BCUT2D eigenvalue weighted by atomic mass is 10.3. The predicted molar refractivity (Wildman–Crippen MR) is 85.1 cm³/mol. The van der Waals surface area contributed by atoms with Crippen LogP contribution in [0.3, 0.4) is 0 Å². The van der Waals surface area contributed by atoms with Crippen LogP contribution in [0.15, 0.2) is 39.8 Å². The van der Waals surface area contributed by atoms with E-state index in [1.807, 2.05) is 0 Å². The lowest BCUT2D eigenvalue weighted by molar-refractivity contribution is 0.415. The number of H-pyrrole nitrogens is 1. The number of benzene rings is 1. The van der Waals surface area contributed by atoms with E-state index >= 15 is 0 Å². The lowest BCUT2D eigenvalue weighted by Crippen LogP contribution is -2.12.